The number of unbranched alkanes of at least 4 members (excludes halogenated alkanes) is 2. The van der Waals surface area contributed by atoms with Gasteiger partial charge in [-0.2, -0.15) is 0 Å². The maximum Gasteiger partial charge on any atom is 0.150 e. The van der Waals surface area contributed by atoms with E-state index in [0.29, 0.717) is 5.75 Å². The Hall–Kier alpha value is -0.840. The number of hydrogen-bond acceptors (Lipinski definition) is 3. The zero-order valence-electron chi connectivity index (χ0n) is 11.4. The molecule has 0 aliphatic rings. The van der Waals surface area contributed by atoms with Crippen molar-refractivity contribution in [3.63, 3.8) is 0 Å². The molecule has 0 radical (unpaired) electrons. The van der Waals surface area contributed by atoms with Gasteiger partial charge < -0.3 is 4.57 Å². The van der Waals surface area contributed by atoms with Crippen LogP contribution in [0.4, 0.5) is 0 Å². The molecule has 0 aliphatic carbocycles. The Labute approximate surface area is 110 Å². The fourth-order valence-corrected chi connectivity index (χ4v) is 2.79. The third-order valence-corrected chi connectivity index (χ3v) is 4.89. The van der Waals surface area contributed by atoms with Gasteiger partial charge in [-0.25, -0.2) is 13.4 Å². The maximum absolute atomic E-state index is 11.3. The van der Waals surface area contributed by atoms with Crippen LogP contribution in [0.3, 0.4) is 0 Å². The van der Waals surface area contributed by atoms with Crippen LogP contribution in [-0.4, -0.2) is 29.5 Å². The molecule has 0 aliphatic heterocycles. The summed E-state index contributed by atoms with van der Waals surface area (Å²) >= 11 is 0. The van der Waals surface area contributed by atoms with Crippen molar-refractivity contribution in [1.29, 1.82) is 0 Å². The highest BCUT2D eigenvalue weighted by atomic mass is 32.2. The molecule has 0 spiro atoms. The molecule has 0 fully saturated rings. The molecule has 0 unspecified atom stereocenters. The van der Waals surface area contributed by atoms with E-state index in [-0.39, 0.29) is 5.75 Å². The quantitative estimate of drug-likeness (QED) is 0.649. The Kier molecular flexibility index (Phi) is 6.39. The Morgan fingerprint density at radius 1 is 1.22 bits per heavy atom. The molecule has 0 saturated carbocycles. The van der Waals surface area contributed by atoms with Crippen LogP contribution in [0.5, 0.6) is 0 Å². The molecule has 0 bridgehead atoms. The Bertz CT molecular complexity index is 438. The van der Waals surface area contributed by atoms with E-state index < -0.39 is 9.84 Å². The molecular weight excluding hydrogens is 248 g/mol. The highest BCUT2D eigenvalue weighted by molar-refractivity contribution is 7.91. The van der Waals surface area contributed by atoms with E-state index in [1.165, 1.54) is 6.42 Å². The zero-order chi connectivity index (χ0) is 13.4. The van der Waals surface area contributed by atoms with Crippen molar-refractivity contribution < 1.29 is 8.42 Å². The first-order valence-electron chi connectivity index (χ1n) is 6.79. The number of nitrogens with zero attached hydrogens (tertiary/aromatic N) is 2. The smallest absolute Gasteiger partial charge is 0.150 e. The van der Waals surface area contributed by atoms with E-state index in [1.807, 2.05) is 12.4 Å². The lowest BCUT2D eigenvalue weighted by Gasteiger charge is -2.07. The van der Waals surface area contributed by atoms with Crippen molar-refractivity contribution in [3.8, 4) is 0 Å². The van der Waals surface area contributed by atoms with Gasteiger partial charge >= 0.3 is 0 Å². The number of imidazole rings is 1. The van der Waals surface area contributed by atoms with Crippen LogP contribution < -0.4 is 0 Å². The van der Waals surface area contributed by atoms with Gasteiger partial charge in [0.05, 0.1) is 5.75 Å². The summed E-state index contributed by atoms with van der Waals surface area (Å²) in [5.74, 6) is 1.68. The monoisotopic (exact) mass is 272 g/mol. The van der Waals surface area contributed by atoms with Crippen molar-refractivity contribution in [1.82, 2.24) is 9.55 Å². The predicted molar refractivity (Wildman–Crippen MR) is 74.4 cm³/mol. The molecule has 1 aromatic rings. The molecule has 1 heterocycles. The summed E-state index contributed by atoms with van der Waals surface area (Å²) in [7, 11) is -2.81. The SMILES string of the molecule is CCCCc1nccn1CCCCS(=O)(=O)CC. The van der Waals surface area contributed by atoms with Gasteiger partial charge in [-0.3, -0.25) is 0 Å². The van der Waals surface area contributed by atoms with Crippen LogP contribution in [-0.2, 0) is 22.8 Å². The Morgan fingerprint density at radius 3 is 2.67 bits per heavy atom. The number of sulfone groups is 1. The second-order valence-corrected chi connectivity index (χ2v) is 7.06. The first kappa shape index (κ1) is 15.2. The standard InChI is InChI=1S/C13H24N2O2S/c1-3-5-8-13-14-9-11-15(13)10-6-7-12-18(16,17)4-2/h9,11H,3-8,10,12H2,1-2H3. The van der Waals surface area contributed by atoms with Gasteiger partial charge in [0.2, 0.25) is 0 Å². The van der Waals surface area contributed by atoms with Crippen molar-refractivity contribution in [3.05, 3.63) is 18.2 Å². The second-order valence-electron chi connectivity index (χ2n) is 4.58. The first-order chi connectivity index (χ1) is 8.59. The topological polar surface area (TPSA) is 52.0 Å². The summed E-state index contributed by atoms with van der Waals surface area (Å²) in [6.07, 6.45) is 8.78. The number of rotatable bonds is 9. The molecule has 0 amide bonds. The Morgan fingerprint density at radius 2 is 2.00 bits per heavy atom. The third kappa shape index (κ3) is 5.21. The van der Waals surface area contributed by atoms with Crippen LogP contribution in [0.25, 0.3) is 0 Å². The average Bonchev–Trinajstić information content (AvgIpc) is 2.79. The van der Waals surface area contributed by atoms with Gasteiger partial charge in [0, 0.05) is 31.1 Å². The largest absolute Gasteiger partial charge is 0.335 e. The molecule has 104 valence electrons. The van der Waals surface area contributed by atoms with E-state index in [1.54, 1.807) is 6.92 Å². The first-order valence-corrected chi connectivity index (χ1v) is 8.61. The normalized spacial score (nSPS) is 11.9. The van der Waals surface area contributed by atoms with Gasteiger partial charge in [-0.15, -0.1) is 0 Å². The van der Waals surface area contributed by atoms with Gasteiger partial charge in [0.25, 0.3) is 0 Å². The number of aryl methyl sites for hydroxylation is 2. The molecule has 0 aromatic carbocycles. The van der Waals surface area contributed by atoms with E-state index in [9.17, 15) is 8.42 Å². The van der Waals surface area contributed by atoms with Crippen LogP contribution in [0.1, 0.15) is 45.4 Å². The summed E-state index contributed by atoms with van der Waals surface area (Å²) in [6.45, 7) is 4.75. The van der Waals surface area contributed by atoms with E-state index in [2.05, 4.69) is 16.5 Å². The highest BCUT2D eigenvalue weighted by Gasteiger charge is 2.07. The van der Waals surface area contributed by atoms with Gasteiger partial charge in [-0.05, 0) is 19.3 Å². The molecule has 18 heavy (non-hydrogen) atoms. The average molecular weight is 272 g/mol. The number of hydrogen-bond donors (Lipinski definition) is 0. The summed E-state index contributed by atoms with van der Waals surface area (Å²) in [4.78, 5) is 4.34. The molecule has 5 heteroatoms. The van der Waals surface area contributed by atoms with Gasteiger partial charge in [-0.1, -0.05) is 20.3 Å². The minimum absolute atomic E-state index is 0.250. The highest BCUT2D eigenvalue weighted by Crippen LogP contribution is 2.06. The lowest BCUT2D eigenvalue weighted by atomic mass is 10.2. The molecule has 0 atom stereocenters. The van der Waals surface area contributed by atoms with Gasteiger partial charge in [0.1, 0.15) is 15.7 Å². The fourth-order valence-electron chi connectivity index (χ4n) is 1.86. The predicted octanol–water partition coefficient (Wildman–Crippen LogP) is 2.44. The minimum atomic E-state index is -2.81. The second kappa shape index (κ2) is 7.56. The molecule has 4 nitrogen and oxygen atoms in total. The summed E-state index contributed by atoms with van der Waals surface area (Å²) < 4.78 is 24.8. The molecule has 0 N–H and O–H groups in total. The fraction of sp³-hybridized carbons (Fsp3) is 0.769. The molecule has 1 aromatic heterocycles. The maximum atomic E-state index is 11.3. The van der Waals surface area contributed by atoms with Crippen LogP contribution in [0.2, 0.25) is 0 Å². The number of aromatic nitrogens is 2. The zero-order valence-corrected chi connectivity index (χ0v) is 12.2. The van der Waals surface area contributed by atoms with Gasteiger partial charge in [0.15, 0.2) is 0 Å². The van der Waals surface area contributed by atoms with Crippen molar-refractivity contribution >= 4 is 9.84 Å². The van der Waals surface area contributed by atoms with E-state index >= 15 is 0 Å². The molecule has 1 rings (SSSR count). The third-order valence-electron chi connectivity index (χ3n) is 3.10. The summed E-state index contributed by atoms with van der Waals surface area (Å²) in [5, 5.41) is 0. The molecule has 0 saturated heterocycles. The van der Waals surface area contributed by atoms with Crippen LogP contribution in [0.15, 0.2) is 12.4 Å². The van der Waals surface area contributed by atoms with Crippen molar-refractivity contribution in [2.24, 2.45) is 0 Å². The van der Waals surface area contributed by atoms with Crippen LogP contribution in [0, 0.1) is 0 Å². The van der Waals surface area contributed by atoms with Crippen molar-refractivity contribution in [2.75, 3.05) is 11.5 Å². The lowest BCUT2D eigenvalue weighted by molar-refractivity contribution is 0.573. The summed E-state index contributed by atoms with van der Waals surface area (Å²) in [5.41, 5.74) is 0. The van der Waals surface area contributed by atoms with E-state index in [0.717, 1.165) is 38.1 Å². The van der Waals surface area contributed by atoms with E-state index in [4.69, 9.17) is 0 Å². The Balaban J connectivity index is 2.33. The molecular formula is C13H24N2O2S. The van der Waals surface area contributed by atoms with Crippen LogP contribution >= 0.6 is 0 Å². The summed E-state index contributed by atoms with van der Waals surface area (Å²) in [6, 6.07) is 0. The minimum Gasteiger partial charge on any atom is -0.335 e. The van der Waals surface area contributed by atoms with Crippen molar-refractivity contribution in [2.45, 2.75) is 52.5 Å². The lowest BCUT2D eigenvalue weighted by Crippen LogP contribution is -2.10.